The molecule has 4 heteroatoms. The smallest absolute Gasteiger partial charge is 0.0705 e. The van der Waals surface area contributed by atoms with Crippen LogP contribution in [0.4, 0.5) is 5.69 Å². The van der Waals surface area contributed by atoms with Crippen LogP contribution < -0.4 is 5.73 Å². The number of aromatic nitrogens is 1. The predicted octanol–water partition coefficient (Wildman–Crippen LogP) is 12.4. The van der Waals surface area contributed by atoms with Gasteiger partial charge in [-0.1, -0.05) is 140 Å². The zero-order valence-electron chi connectivity index (χ0n) is 27.5. The number of hydrogen-bond acceptors (Lipinski definition) is 3. The third-order valence-electron chi connectivity index (χ3n) is 9.89. The molecule has 0 unspecified atom stereocenters. The van der Waals surface area contributed by atoms with Crippen LogP contribution in [0.1, 0.15) is 11.1 Å². The Morgan fingerprint density at radius 3 is 1.96 bits per heavy atom. The molecule has 0 saturated heterocycles. The number of nitrogen functional groups attached to an aromatic ring is 1. The summed E-state index contributed by atoms with van der Waals surface area (Å²) < 4.78 is 5.08. The maximum Gasteiger partial charge on any atom is 0.0705 e. The van der Waals surface area contributed by atoms with Gasteiger partial charge in [-0.2, -0.15) is 0 Å². The summed E-state index contributed by atoms with van der Waals surface area (Å²) in [6.07, 6.45) is 0. The van der Waals surface area contributed by atoms with Crippen molar-refractivity contribution in [3.05, 3.63) is 175 Å². The van der Waals surface area contributed by atoms with E-state index >= 15 is 0 Å². The first kappa shape index (κ1) is 29.9. The summed E-state index contributed by atoms with van der Waals surface area (Å²) in [6.45, 7) is 0. The second-order valence-electron chi connectivity index (χ2n) is 12.7. The molecule has 50 heavy (non-hydrogen) atoms. The molecule has 10 aromatic rings. The van der Waals surface area contributed by atoms with E-state index in [0.29, 0.717) is 11.4 Å². The summed E-state index contributed by atoms with van der Waals surface area (Å²) in [5.41, 5.74) is 13.6. The molecule has 0 bridgehead atoms. The number of para-hydroxylation sites is 2. The predicted molar refractivity (Wildman–Crippen MR) is 217 cm³/mol. The Balaban J connectivity index is 0.000000143. The lowest BCUT2D eigenvalue weighted by atomic mass is 9.96. The first-order chi connectivity index (χ1) is 24.6. The third-order valence-corrected chi connectivity index (χ3v) is 11.0. The van der Waals surface area contributed by atoms with E-state index in [4.69, 9.17) is 11.1 Å². The van der Waals surface area contributed by atoms with E-state index in [1.807, 2.05) is 78.1 Å². The Morgan fingerprint density at radius 2 is 1.14 bits per heavy atom. The highest BCUT2D eigenvalue weighted by atomic mass is 32.1. The SMILES string of the molecule is Cn1c2ccccc2c2ccc3c(ccc4ccc5sc6ccccc6c5c43)c21.N=C(c1ccc(-c2ccccc2)cc1)c1ccccc1N. The van der Waals surface area contributed by atoms with E-state index < -0.39 is 0 Å². The van der Waals surface area contributed by atoms with Crippen molar-refractivity contribution in [2.24, 2.45) is 7.05 Å². The van der Waals surface area contributed by atoms with E-state index in [-0.39, 0.29) is 0 Å². The number of anilines is 1. The normalized spacial score (nSPS) is 11.5. The van der Waals surface area contributed by atoms with Gasteiger partial charge in [-0.3, -0.25) is 5.41 Å². The average Bonchev–Trinajstić information content (AvgIpc) is 3.70. The number of fused-ring (bicyclic) bond motifs is 11. The molecule has 2 heterocycles. The highest BCUT2D eigenvalue weighted by Crippen LogP contribution is 2.43. The molecule has 238 valence electrons. The number of nitrogens with one attached hydrogen (secondary N) is 1. The first-order valence-electron chi connectivity index (χ1n) is 16.8. The van der Waals surface area contributed by atoms with Gasteiger partial charge in [0.1, 0.15) is 0 Å². The Morgan fingerprint density at radius 1 is 0.520 bits per heavy atom. The van der Waals surface area contributed by atoms with Gasteiger partial charge >= 0.3 is 0 Å². The van der Waals surface area contributed by atoms with Gasteiger partial charge in [-0.25, -0.2) is 0 Å². The van der Waals surface area contributed by atoms with Crippen LogP contribution in [0.5, 0.6) is 0 Å². The molecule has 0 amide bonds. The highest BCUT2D eigenvalue weighted by molar-refractivity contribution is 7.26. The van der Waals surface area contributed by atoms with Crippen LogP contribution in [0.2, 0.25) is 0 Å². The molecule has 0 fully saturated rings. The molecule has 0 aliphatic heterocycles. The lowest BCUT2D eigenvalue weighted by molar-refractivity contribution is 1.02. The Bertz CT molecular complexity index is 2900. The Kier molecular flexibility index (Phi) is 7.19. The van der Waals surface area contributed by atoms with Crippen LogP contribution in [-0.4, -0.2) is 10.3 Å². The molecule has 10 rings (SSSR count). The number of thiophene rings is 1. The van der Waals surface area contributed by atoms with Crippen molar-refractivity contribution in [3.8, 4) is 11.1 Å². The van der Waals surface area contributed by atoms with Crippen molar-refractivity contribution in [2.45, 2.75) is 0 Å². The molecule has 2 aromatic heterocycles. The number of aryl methyl sites for hydroxylation is 1. The van der Waals surface area contributed by atoms with Crippen molar-refractivity contribution in [3.63, 3.8) is 0 Å². The number of rotatable bonds is 3. The van der Waals surface area contributed by atoms with Gasteiger partial charge in [0.25, 0.3) is 0 Å². The van der Waals surface area contributed by atoms with Crippen LogP contribution in [0.15, 0.2) is 164 Å². The first-order valence-corrected chi connectivity index (χ1v) is 17.6. The fraction of sp³-hybridized carbons (Fsp3) is 0.0217. The molecule has 0 spiro atoms. The third kappa shape index (κ3) is 4.84. The van der Waals surface area contributed by atoms with E-state index in [1.54, 1.807) is 0 Å². The molecule has 0 saturated carbocycles. The number of benzene rings is 8. The van der Waals surface area contributed by atoms with Crippen molar-refractivity contribution < 1.29 is 0 Å². The molecule has 8 aromatic carbocycles. The maximum absolute atomic E-state index is 8.31. The van der Waals surface area contributed by atoms with Gasteiger partial charge in [0.2, 0.25) is 0 Å². The second kappa shape index (κ2) is 12.0. The summed E-state index contributed by atoms with van der Waals surface area (Å²) in [5.74, 6) is 0. The van der Waals surface area contributed by atoms with Crippen LogP contribution >= 0.6 is 11.3 Å². The minimum absolute atomic E-state index is 0.452. The van der Waals surface area contributed by atoms with E-state index in [2.05, 4.69) is 109 Å². The van der Waals surface area contributed by atoms with Crippen LogP contribution in [0.3, 0.4) is 0 Å². The lowest BCUT2D eigenvalue weighted by Gasteiger charge is -2.09. The number of nitrogens with zero attached hydrogens (tertiary/aromatic N) is 1. The van der Waals surface area contributed by atoms with Crippen LogP contribution in [-0.2, 0) is 7.05 Å². The molecule has 0 aliphatic carbocycles. The van der Waals surface area contributed by atoms with Crippen molar-refractivity contribution in [1.29, 1.82) is 5.41 Å². The van der Waals surface area contributed by atoms with Crippen molar-refractivity contribution in [1.82, 2.24) is 4.57 Å². The zero-order chi connectivity index (χ0) is 33.8. The van der Waals surface area contributed by atoms with Gasteiger partial charge in [-0.15, -0.1) is 11.3 Å². The molecule has 3 nitrogen and oxygen atoms in total. The molecular formula is C46H33N3S. The average molecular weight is 660 g/mol. The highest BCUT2D eigenvalue weighted by Gasteiger charge is 2.15. The molecule has 0 atom stereocenters. The fourth-order valence-electron chi connectivity index (χ4n) is 7.46. The van der Waals surface area contributed by atoms with E-state index in [1.165, 1.54) is 69.1 Å². The van der Waals surface area contributed by atoms with Gasteiger partial charge < -0.3 is 10.3 Å². The van der Waals surface area contributed by atoms with Crippen molar-refractivity contribution in [2.75, 3.05) is 5.73 Å². The Hall–Kier alpha value is -6.23. The summed E-state index contributed by atoms with van der Waals surface area (Å²) in [6, 6.07) is 57.0. The van der Waals surface area contributed by atoms with Crippen LogP contribution in [0.25, 0.3) is 74.6 Å². The van der Waals surface area contributed by atoms with Gasteiger partial charge in [0, 0.05) is 65.7 Å². The maximum atomic E-state index is 8.31. The second-order valence-corrected chi connectivity index (χ2v) is 13.8. The fourth-order valence-corrected chi connectivity index (χ4v) is 8.58. The van der Waals surface area contributed by atoms with Crippen molar-refractivity contribution >= 4 is 86.3 Å². The summed E-state index contributed by atoms with van der Waals surface area (Å²) >= 11 is 1.89. The number of hydrogen-bond donors (Lipinski definition) is 2. The molecular weight excluding hydrogens is 627 g/mol. The minimum Gasteiger partial charge on any atom is -0.398 e. The topological polar surface area (TPSA) is 54.8 Å². The molecule has 3 N–H and O–H groups in total. The summed E-state index contributed by atoms with van der Waals surface area (Å²) in [7, 11) is 2.19. The minimum atomic E-state index is 0.452. The summed E-state index contributed by atoms with van der Waals surface area (Å²) in [5, 5.41) is 19.1. The largest absolute Gasteiger partial charge is 0.398 e. The van der Waals surface area contributed by atoms with Gasteiger partial charge in [-0.05, 0) is 51.6 Å². The van der Waals surface area contributed by atoms with E-state index in [9.17, 15) is 0 Å². The molecule has 0 radical (unpaired) electrons. The van der Waals surface area contributed by atoms with Gasteiger partial charge in [0.15, 0.2) is 0 Å². The van der Waals surface area contributed by atoms with Gasteiger partial charge in [0.05, 0.1) is 11.2 Å². The summed E-state index contributed by atoms with van der Waals surface area (Å²) in [4.78, 5) is 0. The monoisotopic (exact) mass is 659 g/mol. The number of nitrogens with two attached hydrogens (primary N) is 1. The molecule has 0 aliphatic rings. The quantitative estimate of drug-likeness (QED) is 0.111. The zero-order valence-corrected chi connectivity index (χ0v) is 28.3. The Labute approximate surface area is 294 Å². The van der Waals surface area contributed by atoms with E-state index in [0.717, 1.165) is 16.7 Å². The standard InChI is InChI=1S/C27H17NS.C19H16N2/c1-28-22-8-4-2-6-17(22)19-14-13-18-20(27(19)28)12-10-16-11-15-24-26(25(16)18)21-7-3-5-9-23(21)29-24;20-18-9-5-4-8-17(18)19(21)16-12-10-15(11-13-16)14-6-2-1-3-7-14/h2-15H,1H3;1-13,21H,20H2. The lowest BCUT2D eigenvalue weighted by Crippen LogP contribution is -2.04. The van der Waals surface area contributed by atoms with Crippen LogP contribution in [0, 0.1) is 5.41 Å².